The number of hydrogen-bond donors (Lipinski definition) is 1. The van der Waals surface area contributed by atoms with Crippen LogP contribution in [0.15, 0.2) is 0 Å². The molecule has 2 aliphatic rings. The zero-order chi connectivity index (χ0) is 10.8. The van der Waals surface area contributed by atoms with E-state index in [1.54, 1.807) is 0 Å². The van der Waals surface area contributed by atoms with Gasteiger partial charge in [-0.2, -0.15) is 0 Å². The molecule has 0 spiro atoms. The summed E-state index contributed by atoms with van der Waals surface area (Å²) >= 11 is 4.31. The third-order valence-electron chi connectivity index (χ3n) is 4.09. The lowest BCUT2D eigenvalue weighted by molar-refractivity contribution is 0.160. The van der Waals surface area contributed by atoms with Crippen molar-refractivity contribution in [1.82, 2.24) is 0 Å². The lowest BCUT2D eigenvalue weighted by Gasteiger charge is -2.30. The lowest BCUT2D eigenvalue weighted by atomic mass is 9.83. The second-order valence-electron chi connectivity index (χ2n) is 5.07. The molecule has 1 aliphatic heterocycles. The Labute approximate surface area is 102 Å². The van der Waals surface area contributed by atoms with E-state index in [-0.39, 0.29) is 0 Å². The van der Waals surface area contributed by atoms with E-state index in [0.29, 0.717) is 12.5 Å². The maximum Gasteiger partial charge on any atom is 0.0536 e. The van der Waals surface area contributed by atoms with Crippen LogP contribution in [0.2, 0.25) is 0 Å². The van der Waals surface area contributed by atoms with Gasteiger partial charge in [-0.3, -0.25) is 0 Å². The van der Waals surface area contributed by atoms with E-state index in [2.05, 4.69) is 37.4 Å². The second-order valence-corrected chi connectivity index (χ2v) is 7.86. The number of aliphatic hydroxyl groups is 1. The molecule has 1 N–H and O–H groups in total. The maximum absolute atomic E-state index is 9.33. The summed E-state index contributed by atoms with van der Waals surface area (Å²) in [5.74, 6) is 5.66. The van der Waals surface area contributed by atoms with Crippen LogP contribution in [0.3, 0.4) is 0 Å². The number of thioether (sulfide) groups is 2. The highest BCUT2D eigenvalue weighted by molar-refractivity contribution is 8.20. The van der Waals surface area contributed by atoms with E-state index >= 15 is 0 Å². The molecule has 1 saturated heterocycles. The van der Waals surface area contributed by atoms with Gasteiger partial charge in [0.2, 0.25) is 0 Å². The zero-order valence-electron chi connectivity index (χ0n) is 9.69. The Morgan fingerprint density at radius 3 is 2.53 bits per heavy atom. The molecule has 1 aliphatic carbocycles. The first-order valence-corrected chi connectivity index (χ1v) is 8.18. The molecule has 0 radical (unpaired) electrons. The van der Waals surface area contributed by atoms with Crippen LogP contribution < -0.4 is 0 Å². The number of hydrogen-bond acceptors (Lipinski definition) is 3. The molecule has 3 heteroatoms. The van der Waals surface area contributed by atoms with Crippen LogP contribution in [0.25, 0.3) is 0 Å². The summed E-state index contributed by atoms with van der Waals surface area (Å²) in [6.45, 7) is 5.00. The smallest absolute Gasteiger partial charge is 0.0536 e. The molecule has 0 aromatic rings. The molecule has 1 saturated carbocycles. The first kappa shape index (κ1) is 12.1. The minimum Gasteiger partial charge on any atom is -0.396 e. The van der Waals surface area contributed by atoms with Gasteiger partial charge in [0.1, 0.15) is 0 Å². The van der Waals surface area contributed by atoms with Crippen molar-refractivity contribution in [2.24, 2.45) is 23.7 Å². The zero-order valence-corrected chi connectivity index (χ0v) is 11.3. The van der Waals surface area contributed by atoms with Crippen molar-refractivity contribution in [3.05, 3.63) is 0 Å². The highest BCUT2D eigenvalue weighted by Crippen LogP contribution is 2.51. The Kier molecular flexibility index (Phi) is 4.31. The topological polar surface area (TPSA) is 20.2 Å². The first-order valence-electron chi connectivity index (χ1n) is 6.08. The van der Waals surface area contributed by atoms with E-state index in [1.165, 1.54) is 24.3 Å². The molecular weight excluding hydrogens is 224 g/mol. The molecule has 0 aromatic carbocycles. The number of rotatable bonds is 3. The monoisotopic (exact) mass is 246 g/mol. The van der Waals surface area contributed by atoms with E-state index in [4.69, 9.17) is 0 Å². The number of aliphatic hydroxyl groups excluding tert-OH is 1. The molecule has 0 bridgehead atoms. The van der Waals surface area contributed by atoms with Crippen molar-refractivity contribution >= 4 is 23.5 Å². The summed E-state index contributed by atoms with van der Waals surface area (Å²) in [6.07, 6.45) is 2.71. The average Bonchev–Trinajstić information content (AvgIpc) is 2.85. The molecule has 15 heavy (non-hydrogen) atoms. The average molecular weight is 246 g/mol. The van der Waals surface area contributed by atoms with Gasteiger partial charge in [-0.1, -0.05) is 20.3 Å². The first-order chi connectivity index (χ1) is 7.24. The van der Waals surface area contributed by atoms with Gasteiger partial charge >= 0.3 is 0 Å². The van der Waals surface area contributed by atoms with Crippen LogP contribution in [0.4, 0.5) is 0 Å². The Balaban J connectivity index is 2.03. The fourth-order valence-corrected chi connectivity index (χ4v) is 6.71. The van der Waals surface area contributed by atoms with E-state index in [9.17, 15) is 5.11 Å². The van der Waals surface area contributed by atoms with Crippen molar-refractivity contribution in [3.8, 4) is 0 Å². The minimum atomic E-state index is 0.371. The summed E-state index contributed by atoms with van der Waals surface area (Å²) in [5, 5.41) is 9.33. The van der Waals surface area contributed by atoms with Gasteiger partial charge in [0.25, 0.3) is 0 Å². The Bertz CT molecular complexity index is 204. The molecule has 2 fully saturated rings. The largest absolute Gasteiger partial charge is 0.396 e. The highest BCUT2D eigenvalue weighted by atomic mass is 32.2. The van der Waals surface area contributed by atoms with Crippen LogP contribution in [0.1, 0.15) is 26.7 Å². The molecule has 0 amide bonds. The van der Waals surface area contributed by atoms with Gasteiger partial charge in [0.05, 0.1) is 4.58 Å². The quantitative estimate of drug-likeness (QED) is 0.826. The maximum atomic E-state index is 9.33. The van der Waals surface area contributed by atoms with Crippen molar-refractivity contribution in [2.75, 3.05) is 18.1 Å². The predicted molar refractivity (Wildman–Crippen MR) is 70.3 cm³/mol. The van der Waals surface area contributed by atoms with E-state index in [1.807, 2.05) is 0 Å². The lowest BCUT2D eigenvalue weighted by Crippen LogP contribution is -2.27. The van der Waals surface area contributed by atoms with Gasteiger partial charge in [0, 0.05) is 18.1 Å². The summed E-state index contributed by atoms with van der Waals surface area (Å²) in [6, 6.07) is 0. The molecule has 88 valence electrons. The Morgan fingerprint density at radius 1 is 1.27 bits per heavy atom. The normalized spacial score (nSPS) is 39.8. The highest BCUT2D eigenvalue weighted by Gasteiger charge is 2.42. The molecular formula is C12H22OS2. The molecule has 4 atom stereocenters. The fraction of sp³-hybridized carbons (Fsp3) is 1.00. The van der Waals surface area contributed by atoms with Crippen LogP contribution in [-0.2, 0) is 0 Å². The Morgan fingerprint density at radius 2 is 1.93 bits per heavy atom. The van der Waals surface area contributed by atoms with Crippen LogP contribution in [0.5, 0.6) is 0 Å². The predicted octanol–water partition coefficient (Wildman–Crippen LogP) is 3.08. The van der Waals surface area contributed by atoms with Gasteiger partial charge < -0.3 is 5.11 Å². The SMILES string of the molecule is C[C@@H](CO)[C@H]1CC[C@H](C)[C@H]1C1SCCS1. The summed E-state index contributed by atoms with van der Waals surface area (Å²) < 4.78 is 0.821. The van der Waals surface area contributed by atoms with Crippen molar-refractivity contribution in [3.63, 3.8) is 0 Å². The summed E-state index contributed by atoms with van der Waals surface area (Å²) in [5.41, 5.74) is 0. The van der Waals surface area contributed by atoms with Crippen molar-refractivity contribution < 1.29 is 5.11 Å². The van der Waals surface area contributed by atoms with Crippen molar-refractivity contribution in [1.29, 1.82) is 0 Å². The fourth-order valence-electron chi connectivity index (χ4n) is 3.13. The van der Waals surface area contributed by atoms with Crippen LogP contribution in [0, 0.1) is 23.7 Å². The molecule has 0 aromatic heterocycles. The second kappa shape index (κ2) is 5.33. The minimum absolute atomic E-state index is 0.371. The molecule has 1 heterocycles. The third kappa shape index (κ3) is 2.50. The van der Waals surface area contributed by atoms with Crippen molar-refractivity contribution in [2.45, 2.75) is 31.3 Å². The molecule has 2 rings (SSSR count). The standard InChI is InChI=1S/C12H22OS2/c1-8-3-4-10(9(2)7-13)11(8)12-14-5-6-15-12/h8-13H,3-7H2,1-2H3/t8-,9-,10+,11+/m0/s1. The van der Waals surface area contributed by atoms with E-state index in [0.717, 1.165) is 22.3 Å². The van der Waals surface area contributed by atoms with Crippen LogP contribution >= 0.6 is 23.5 Å². The Hall–Kier alpha value is 0.660. The molecule has 1 nitrogen and oxygen atoms in total. The van der Waals surface area contributed by atoms with Gasteiger partial charge in [-0.05, 0) is 30.1 Å². The summed E-state index contributed by atoms with van der Waals surface area (Å²) in [7, 11) is 0. The van der Waals surface area contributed by atoms with Gasteiger partial charge in [-0.25, -0.2) is 0 Å². The van der Waals surface area contributed by atoms with Gasteiger partial charge in [-0.15, -0.1) is 23.5 Å². The third-order valence-corrected chi connectivity index (χ3v) is 7.33. The summed E-state index contributed by atoms with van der Waals surface area (Å²) in [4.78, 5) is 0. The van der Waals surface area contributed by atoms with E-state index < -0.39 is 0 Å². The van der Waals surface area contributed by atoms with Crippen LogP contribution in [-0.4, -0.2) is 27.8 Å². The molecule has 0 unspecified atom stereocenters. The van der Waals surface area contributed by atoms with Gasteiger partial charge in [0.15, 0.2) is 0 Å².